The average Bonchev–Trinajstić information content (AvgIpc) is 2.86. The van der Waals surface area contributed by atoms with E-state index in [2.05, 4.69) is 29.1 Å². The minimum atomic E-state index is -0.171. The third-order valence-electron chi connectivity index (χ3n) is 4.80. The highest BCUT2D eigenvalue weighted by Crippen LogP contribution is 2.30. The lowest BCUT2D eigenvalue weighted by atomic mass is 10.0. The maximum absolute atomic E-state index is 12.9. The Morgan fingerprint density at radius 2 is 1.86 bits per heavy atom. The Hall–Kier alpha value is -1.39. The number of nitrogens with zero attached hydrogens (tertiary/aromatic N) is 2. The fraction of sp³-hybridized carbons (Fsp3) is 0.588. The summed E-state index contributed by atoms with van der Waals surface area (Å²) in [6.07, 6.45) is 3.31. The normalized spacial score (nSPS) is 28.3. The quantitative estimate of drug-likeness (QED) is 0.923. The maximum atomic E-state index is 12.9. The molecule has 2 heterocycles. The zero-order valence-electron chi connectivity index (χ0n) is 13.0. The molecule has 4 heteroatoms. The molecule has 2 atom stereocenters. The molecule has 0 aromatic heterocycles. The van der Waals surface area contributed by atoms with E-state index in [1.807, 2.05) is 30.3 Å². The fourth-order valence-electron chi connectivity index (χ4n) is 3.55. The number of rotatable bonds is 3. The first-order valence-corrected chi connectivity index (χ1v) is 8.02. The van der Waals surface area contributed by atoms with Crippen LogP contribution in [0.15, 0.2) is 30.3 Å². The summed E-state index contributed by atoms with van der Waals surface area (Å²) in [4.78, 5) is 17.4. The first-order valence-electron chi connectivity index (χ1n) is 8.02. The van der Waals surface area contributed by atoms with Crippen molar-refractivity contribution in [3.8, 4) is 0 Å². The van der Waals surface area contributed by atoms with Gasteiger partial charge >= 0.3 is 0 Å². The molecule has 1 amide bonds. The van der Waals surface area contributed by atoms with Crippen molar-refractivity contribution < 1.29 is 4.79 Å². The largest absolute Gasteiger partial charge is 0.322 e. The molecule has 1 aromatic carbocycles. The van der Waals surface area contributed by atoms with Gasteiger partial charge < -0.3 is 9.80 Å². The second-order valence-corrected chi connectivity index (χ2v) is 6.21. The van der Waals surface area contributed by atoms with Gasteiger partial charge in [0.25, 0.3) is 0 Å². The van der Waals surface area contributed by atoms with Crippen LogP contribution in [0.25, 0.3) is 0 Å². The average molecular weight is 287 g/mol. The van der Waals surface area contributed by atoms with Gasteiger partial charge in [0.1, 0.15) is 6.04 Å². The molecule has 2 fully saturated rings. The van der Waals surface area contributed by atoms with Gasteiger partial charge in [0, 0.05) is 6.04 Å². The Balaban J connectivity index is 1.79. The van der Waals surface area contributed by atoms with Crippen LogP contribution in [0.4, 0.5) is 0 Å². The number of carbonyl (C=O) groups excluding carboxylic acids is 1. The summed E-state index contributed by atoms with van der Waals surface area (Å²) in [6.45, 7) is 4.32. The summed E-state index contributed by atoms with van der Waals surface area (Å²) in [7, 11) is 2.16. The minimum absolute atomic E-state index is 0.171. The molecule has 1 aromatic rings. The summed E-state index contributed by atoms with van der Waals surface area (Å²) in [6, 6.07) is 10.3. The molecule has 0 bridgehead atoms. The maximum Gasteiger partial charge on any atom is 0.245 e. The third kappa shape index (κ3) is 2.83. The highest BCUT2D eigenvalue weighted by Gasteiger charge is 2.42. The molecule has 2 aliphatic rings. The molecule has 4 nitrogen and oxygen atoms in total. The summed E-state index contributed by atoms with van der Waals surface area (Å²) in [5.41, 5.74) is 1.08. The van der Waals surface area contributed by atoms with Gasteiger partial charge in [0.2, 0.25) is 5.91 Å². The predicted octanol–water partition coefficient (Wildman–Crippen LogP) is 1.99. The Kier molecular flexibility index (Phi) is 4.27. The molecule has 2 saturated heterocycles. The van der Waals surface area contributed by atoms with Crippen LogP contribution < -0.4 is 5.32 Å². The molecule has 3 rings (SSSR count). The number of nitrogens with one attached hydrogen (secondary N) is 1. The molecule has 21 heavy (non-hydrogen) atoms. The van der Waals surface area contributed by atoms with Crippen molar-refractivity contribution in [2.24, 2.45) is 0 Å². The van der Waals surface area contributed by atoms with Crippen molar-refractivity contribution in [1.29, 1.82) is 0 Å². The number of hydrogen-bond donors (Lipinski definition) is 1. The molecule has 114 valence electrons. The zero-order chi connectivity index (χ0) is 14.8. The second-order valence-electron chi connectivity index (χ2n) is 6.21. The fourth-order valence-corrected chi connectivity index (χ4v) is 3.55. The van der Waals surface area contributed by atoms with E-state index in [1.165, 1.54) is 0 Å². The Bertz CT molecular complexity index is 482. The van der Waals surface area contributed by atoms with Gasteiger partial charge in [-0.3, -0.25) is 10.1 Å². The van der Waals surface area contributed by atoms with Crippen LogP contribution in [0.2, 0.25) is 0 Å². The molecule has 2 unspecified atom stereocenters. The van der Waals surface area contributed by atoms with Crippen LogP contribution in [0.3, 0.4) is 0 Å². The van der Waals surface area contributed by atoms with E-state index >= 15 is 0 Å². The molecule has 1 N–H and O–H groups in total. The van der Waals surface area contributed by atoms with Crippen LogP contribution in [-0.4, -0.2) is 48.1 Å². The van der Waals surface area contributed by atoms with Crippen LogP contribution in [0, 0.1) is 0 Å². The van der Waals surface area contributed by atoms with Gasteiger partial charge in [-0.1, -0.05) is 37.3 Å². The van der Waals surface area contributed by atoms with Crippen molar-refractivity contribution in [2.45, 2.75) is 44.4 Å². The lowest BCUT2D eigenvalue weighted by molar-refractivity contribution is -0.133. The molecule has 0 radical (unpaired) electrons. The second kappa shape index (κ2) is 6.16. The number of amides is 1. The number of benzene rings is 1. The van der Waals surface area contributed by atoms with Gasteiger partial charge in [0.05, 0.1) is 6.17 Å². The van der Waals surface area contributed by atoms with Crippen molar-refractivity contribution in [3.05, 3.63) is 35.9 Å². The lowest BCUT2D eigenvalue weighted by Crippen LogP contribution is -2.49. The van der Waals surface area contributed by atoms with Crippen LogP contribution in [0.1, 0.15) is 37.8 Å². The van der Waals surface area contributed by atoms with Gasteiger partial charge in [-0.05, 0) is 45.0 Å². The summed E-state index contributed by atoms with van der Waals surface area (Å²) in [5.74, 6) is 0.252. The molecule has 0 saturated carbocycles. The van der Waals surface area contributed by atoms with Crippen molar-refractivity contribution in [3.63, 3.8) is 0 Å². The number of piperidine rings is 1. The van der Waals surface area contributed by atoms with Crippen molar-refractivity contribution >= 4 is 5.91 Å². The number of hydrogen-bond acceptors (Lipinski definition) is 3. The number of likely N-dealkylation sites (tertiary alicyclic amines) is 1. The first-order chi connectivity index (χ1) is 10.2. The van der Waals surface area contributed by atoms with Crippen molar-refractivity contribution in [2.75, 3.05) is 20.1 Å². The van der Waals surface area contributed by atoms with E-state index in [9.17, 15) is 4.79 Å². The van der Waals surface area contributed by atoms with E-state index in [-0.39, 0.29) is 18.1 Å². The SMILES string of the molecule is CCC1NC(c2ccccc2)C(=O)N1C1CCN(C)CC1. The predicted molar refractivity (Wildman–Crippen MR) is 83.8 cm³/mol. The standard InChI is InChI=1S/C17H25N3O/c1-3-15-18-16(13-7-5-4-6-8-13)17(21)20(15)14-9-11-19(2)12-10-14/h4-8,14-16,18H,3,9-12H2,1-2H3. The zero-order valence-corrected chi connectivity index (χ0v) is 13.0. The summed E-state index contributed by atoms with van der Waals surface area (Å²) in [5, 5.41) is 3.53. The van der Waals surface area contributed by atoms with E-state index in [4.69, 9.17) is 0 Å². The van der Waals surface area contributed by atoms with E-state index in [0.717, 1.165) is 37.9 Å². The smallest absolute Gasteiger partial charge is 0.245 e. The summed E-state index contributed by atoms with van der Waals surface area (Å²) >= 11 is 0. The van der Waals surface area contributed by atoms with E-state index in [0.29, 0.717) is 6.04 Å². The Morgan fingerprint density at radius 3 is 2.48 bits per heavy atom. The van der Waals surface area contributed by atoms with Crippen LogP contribution in [0.5, 0.6) is 0 Å². The topological polar surface area (TPSA) is 35.6 Å². The van der Waals surface area contributed by atoms with Gasteiger partial charge in [0.15, 0.2) is 0 Å². The summed E-state index contributed by atoms with van der Waals surface area (Å²) < 4.78 is 0. The number of carbonyl (C=O) groups is 1. The molecule has 0 spiro atoms. The van der Waals surface area contributed by atoms with Crippen LogP contribution in [-0.2, 0) is 4.79 Å². The van der Waals surface area contributed by atoms with Crippen LogP contribution >= 0.6 is 0 Å². The molecular formula is C17H25N3O. The van der Waals surface area contributed by atoms with Gasteiger partial charge in [-0.2, -0.15) is 0 Å². The lowest BCUT2D eigenvalue weighted by Gasteiger charge is -2.37. The highest BCUT2D eigenvalue weighted by atomic mass is 16.2. The monoisotopic (exact) mass is 287 g/mol. The highest BCUT2D eigenvalue weighted by molar-refractivity contribution is 5.86. The molecule has 2 aliphatic heterocycles. The molecular weight excluding hydrogens is 262 g/mol. The Labute approximate surface area is 127 Å². The van der Waals surface area contributed by atoms with E-state index < -0.39 is 0 Å². The molecule has 0 aliphatic carbocycles. The van der Waals surface area contributed by atoms with E-state index in [1.54, 1.807) is 0 Å². The van der Waals surface area contributed by atoms with Crippen molar-refractivity contribution in [1.82, 2.24) is 15.1 Å². The Morgan fingerprint density at radius 1 is 1.19 bits per heavy atom. The minimum Gasteiger partial charge on any atom is -0.322 e. The van der Waals surface area contributed by atoms with Gasteiger partial charge in [-0.15, -0.1) is 0 Å². The van der Waals surface area contributed by atoms with Gasteiger partial charge in [-0.25, -0.2) is 0 Å². The third-order valence-corrected chi connectivity index (χ3v) is 4.80. The first kappa shape index (κ1) is 14.5.